The van der Waals surface area contributed by atoms with Crippen molar-refractivity contribution in [1.29, 1.82) is 0 Å². The molecule has 0 bridgehead atoms. The molecule has 162 valence electrons. The van der Waals surface area contributed by atoms with Gasteiger partial charge >= 0.3 is 0 Å². The summed E-state index contributed by atoms with van der Waals surface area (Å²) in [5.41, 5.74) is 2.08. The van der Waals surface area contributed by atoms with E-state index in [1.54, 1.807) is 30.3 Å². The van der Waals surface area contributed by atoms with E-state index in [2.05, 4.69) is 15.5 Å². The second-order valence-corrected chi connectivity index (χ2v) is 10.3. The van der Waals surface area contributed by atoms with Crippen molar-refractivity contribution >= 4 is 32.2 Å². The molecular formula is C24H21N3O3S2. The molecule has 0 unspecified atom stereocenters. The van der Waals surface area contributed by atoms with Gasteiger partial charge < -0.3 is 5.32 Å². The number of anilines is 1. The van der Waals surface area contributed by atoms with Crippen LogP contribution in [0.25, 0.3) is 0 Å². The zero-order valence-electron chi connectivity index (χ0n) is 17.1. The fourth-order valence-corrected chi connectivity index (χ4v) is 5.76. The summed E-state index contributed by atoms with van der Waals surface area (Å²) in [4.78, 5) is 13.0. The van der Waals surface area contributed by atoms with Gasteiger partial charge in [-0.2, -0.15) is 0 Å². The maximum atomic E-state index is 12.8. The second-order valence-electron chi connectivity index (χ2n) is 7.20. The third-order valence-electron chi connectivity index (χ3n) is 4.92. The number of sulfone groups is 1. The van der Waals surface area contributed by atoms with Crippen LogP contribution in [0.5, 0.6) is 0 Å². The predicted octanol–water partition coefficient (Wildman–Crippen LogP) is 4.67. The first-order valence-corrected chi connectivity index (χ1v) is 12.5. The van der Waals surface area contributed by atoms with Gasteiger partial charge in [-0.25, -0.2) is 8.42 Å². The maximum Gasteiger partial charge on any atom is 0.227 e. The summed E-state index contributed by atoms with van der Waals surface area (Å²) in [5, 5.41) is 11.3. The monoisotopic (exact) mass is 463 g/mol. The molecular weight excluding hydrogens is 442 g/mol. The van der Waals surface area contributed by atoms with Crippen molar-refractivity contribution in [2.75, 3.05) is 5.32 Å². The highest BCUT2D eigenvalue weighted by Crippen LogP contribution is 2.29. The highest BCUT2D eigenvalue weighted by molar-refractivity contribution is 7.90. The van der Waals surface area contributed by atoms with Crippen LogP contribution >= 0.6 is 11.3 Å². The Bertz CT molecular complexity index is 1240. The Morgan fingerprint density at radius 1 is 0.812 bits per heavy atom. The lowest BCUT2D eigenvalue weighted by Crippen LogP contribution is -2.16. The van der Waals surface area contributed by atoms with Crippen LogP contribution in [-0.4, -0.2) is 24.5 Å². The van der Waals surface area contributed by atoms with Crippen LogP contribution in [0.15, 0.2) is 95.9 Å². The van der Waals surface area contributed by atoms with Crippen LogP contribution < -0.4 is 5.32 Å². The van der Waals surface area contributed by atoms with Gasteiger partial charge in [-0.3, -0.25) is 4.79 Å². The summed E-state index contributed by atoms with van der Waals surface area (Å²) >= 11 is 1.07. The average Bonchev–Trinajstić information content (AvgIpc) is 3.25. The first-order valence-electron chi connectivity index (χ1n) is 10.0. The molecule has 0 aliphatic rings. The minimum absolute atomic E-state index is 0.108. The number of benzene rings is 3. The van der Waals surface area contributed by atoms with Gasteiger partial charge in [0.25, 0.3) is 0 Å². The number of hydrogen-bond acceptors (Lipinski definition) is 6. The molecule has 0 aliphatic heterocycles. The van der Waals surface area contributed by atoms with Crippen LogP contribution in [0.1, 0.15) is 28.5 Å². The van der Waals surface area contributed by atoms with E-state index in [1.165, 1.54) is 0 Å². The summed E-state index contributed by atoms with van der Waals surface area (Å²) in [6.45, 7) is 0. The zero-order chi connectivity index (χ0) is 22.4. The van der Waals surface area contributed by atoms with Crippen molar-refractivity contribution in [1.82, 2.24) is 10.2 Å². The van der Waals surface area contributed by atoms with Crippen molar-refractivity contribution in [2.24, 2.45) is 0 Å². The minimum Gasteiger partial charge on any atom is -0.300 e. The fraction of sp³-hybridized carbons (Fsp3) is 0.125. The van der Waals surface area contributed by atoms with Gasteiger partial charge in [-0.05, 0) is 23.3 Å². The predicted molar refractivity (Wildman–Crippen MR) is 125 cm³/mol. The van der Waals surface area contributed by atoms with Crippen LogP contribution in [-0.2, 0) is 20.4 Å². The van der Waals surface area contributed by atoms with E-state index < -0.39 is 9.84 Å². The number of hydrogen-bond donors (Lipinski definition) is 1. The van der Waals surface area contributed by atoms with Crippen LogP contribution in [0.4, 0.5) is 5.13 Å². The van der Waals surface area contributed by atoms with Gasteiger partial charge in [0.2, 0.25) is 11.0 Å². The summed E-state index contributed by atoms with van der Waals surface area (Å²) in [5.74, 6) is -0.583. The normalized spacial score (nSPS) is 11.4. The second kappa shape index (κ2) is 9.84. The van der Waals surface area contributed by atoms with Gasteiger partial charge in [-0.15, -0.1) is 10.2 Å². The molecule has 0 saturated heterocycles. The van der Waals surface area contributed by atoms with Gasteiger partial charge in [0, 0.05) is 12.3 Å². The first-order chi connectivity index (χ1) is 15.5. The Hall–Kier alpha value is -3.36. The van der Waals surface area contributed by atoms with E-state index in [0.717, 1.165) is 22.5 Å². The van der Waals surface area contributed by atoms with E-state index in [4.69, 9.17) is 0 Å². The molecule has 4 aromatic rings. The van der Waals surface area contributed by atoms with E-state index in [-0.39, 0.29) is 34.0 Å². The van der Waals surface area contributed by atoms with Gasteiger partial charge in [0.05, 0.1) is 4.90 Å². The SMILES string of the molecule is O=C(CC(c1ccccc1)c1ccccc1)Nc1nnc(CS(=O)(=O)c2ccccc2)s1. The Morgan fingerprint density at radius 3 is 1.91 bits per heavy atom. The molecule has 0 spiro atoms. The van der Waals surface area contributed by atoms with Crippen molar-refractivity contribution in [2.45, 2.75) is 23.0 Å². The van der Waals surface area contributed by atoms with Crippen LogP contribution in [0.3, 0.4) is 0 Å². The largest absolute Gasteiger partial charge is 0.300 e. The highest BCUT2D eigenvalue weighted by Gasteiger charge is 2.21. The van der Waals surface area contributed by atoms with Crippen LogP contribution in [0.2, 0.25) is 0 Å². The standard InChI is InChI=1S/C24H21N3O3S2/c28-22(16-21(18-10-4-1-5-11-18)19-12-6-2-7-13-19)25-24-27-26-23(31-24)17-32(29,30)20-14-8-3-9-15-20/h1-15,21H,16-17H2,(H,25,27,28). The Labute approximate surface area is 190 Å². The molecule has 0 aliphatic carbocycles. The number of nitrogens with one attached hydrogen (secondary N) is 1. The maximum absolute atomic E-state index is 12.8. The molecule has 1 heterocycles. The summed E-state index contributed by atoms with van der Waals surface area (Å²) in [7, 11) is -3.52. The Kier molecular flexibility index (Phi) is 6.72. The Balaban J connectivity index is 1.45. The number of nitrogens with zero attached hydrogens (tertiary/aromatic N) is 2. The summed E-state index contributed by atoms with van der Waals surface area (Å²) in [6, 6.07) is 27.9. The lowest BCUT2D eigenvalue weighted by Gasteiger charge is -2.17. The molecule has 32 heavy (non-hydrogen) atoms. The number of carbonyl (C=O) groups is 1. The molecule has 0 radical (unpaired) electrons. The van der Waals surface area contributed by atoms with Crippen molar-refractivity contribution in [3.05, 3.63) is 107 Å². The van der Waals surface area contributed by atoms with E-state index >= 15 is 0 Å². The Morgan fingerprint density at radius 2 is 1.34 bits per heavy atom. The first kappa shape index (κ1) is 21.9. The lowest BCUT2D eigenvalue weighted by atomic mass is 9.88. The van der Waals surface area contributed by atoms with E-state index in [0.29, 0.717) is 5.01 Å². The smallest absolute Gasteiger partial charge is 0.227 e. The zero-order valence-corrected chi connectivity index (χ0v) is 18.7. The van der Waals surface area contributed by atoms with Gasteiger partial charge in [0.15, 0.2) is 9.84 Å². The molecule has 1 amide bonds. The van der Waals surface area contributed by atoms with Gasteiger partial charge in [0.1, 0.15) is 10.8 Å². The molecule has 4 rings (SSSR count). The molecule has 1 N–H and O–H groups in total. The third-order valence-corrected chi connectivity index (χ3v) is 7.59. The third kappa shape index (κ3) is 5.46. The minimum atomic E-state index is -3.52. The number of amides is 1. The molecule has 6 nitrogen and oxygen atoms in total. The molecule has 1 aromatic heterocycles. The average molecular weight is 464 g/mol. The number of rotatable bonds is 8. The number of aromatic nitrogens is 2. The van der Waals surface area contributed by atoms with Crippen molar-refractivity contribution < 1.29 is 13.2 Å². The van der Waals surface area contributed by atoms with E-state index in [1.807, 2.05) is 60.7 Å². The topological polar surface area (TPSA) is 89.0 Å². The highest BCUT2D eigenvalue weighted by atomic mass is 32.2. The molecule has 8 heteroatoms. The summed E-state index contributed by atoms with van der Waals surface area (Å²) in [6.07, 6.45) is 0.227. The molecule has 0 saturated carbocycles. The molecule has 0 atom stereocenters. The number of carbonyl (C=O) groups excluding carboxylic acids is 1. The molecule has 3 aromatic carbocycles. The van der Waals surface area contributed by atoms with Crippen LogP contribution in [0, 0.1) is 0 Å². The quantitative estimate of drug-likeness (QED) is 0.410. The van der Waals surface area contributed by atoms with E-state index in [9.17, 15) is 13.2 Å². The van der Waals surface area contributed by atoms with Crippen molar-refractivity contribution in [3.63, 3.8) is 0 Å². The lowest BCUT2D eigenvalue weighted by molar-refractivity contribution is -0.116. The molecule has 0 fully saturated rings. The summed E-state index contributed by atoms with van der Waals surface area (Å²) < 4.78 is 25.1. The van der Waals surface area contributed by atoms with Crippen molar-refractivity contribution in [3.8, 4) is 0 Å². The van der Waals surface area contributed by atoms with Gasteiger partial charge in [-0.1, -0.05) is 90.2 Å². The fourth-order valence-electron chi connectivity index (χ4n) is 3.39.